The molecular formula is C14H22N2O. The van der Waals surface area contributed by atoms with Crippen LogP contribution in [0.5, 0.6) is 0 Å². The van der Waals surface area contributed by atoms with Gasteiger partial charge in [0, 0.05) is 12.2 Å². The van der Waals surface area contributed by atoms with E-state index in [1.165, 1.54) is 0 Å². The summed E-state index contributed by atoms with van der Waals surface area (Å²) in [5.74, 6) is 0.145. The summed E-state index contributed by atoms with van der Waals surface area (Å²) in [7, 11) is 0. The number of amides is 1. The lowest BCUT2D eigenvalue weighted by atomic mass is 10.2. The van der Waals surface area contributed by atoms with Gasteiger partial charge in [-0.05, 0) is 25.1 Å². The normalized spacial score (nSPS) is 10.2. The second-order valence-corrected chi connectivity index (χ2v) is 4.01. The topological polar surface area (TPSA) is 32.3 Å². The smallest absolute Gasteiger partial charge is 0.240 e. The maximum Gasteiger partial charge on any atom is 0.240 e. The number of nitrogens with one attached hydrogen (secondary N) is 1. The predicted molar refractivity (Wildman–Crippen MR) is 72.2 cm³/mol. The first-order valence-electron chi connectivity index (χ1n) is 6.35. The zero-order valence-corrected chi connectivity index (χ0v) is 10.8. The summed E-state index contributed by atoms with van der Waals surface area (Å²) in [5, 5.41) is 3.08. The Hall–Kier alpha value is -1.35. The summed E-state index contributed by atoms with van der Waals surface area (Å²) >= 11 is 0. The quantitative estimate of drug-likeness (QED) is 0.786. The van der Waals surface area contributed by atoms with Crippen molar-refractivity contribution in [2.75, 3.05) is 24.5 Å². The summed E-state index contributed by atoms with van der Waals surface area (Å²) in [4.78, 5) is 13.9. The van der Waals surface area contributed by atoms with Gasteiger partial charge in [0.2, 0.25) is 5.91 Å². The van der Waals surface area contributed by atoms with E-state index in [-0.39, 0.29) is 5.91 Å². The van der Waals surface area contributed by atoms with Gasteiger partial charge >= 0.3 is 0 Å². The van der Waals surface area contributed by atoms with E-state index in [0.717, 1.165) is 31.6 Å². The van der Waals surface area contributed by atoms with Crippen molar-refractivity contribution in [3.8, 4) is 0 Å². The molecule has 94 valence electrons. The summed E-state index contributed by atoms with van der Waals surface area (Å²) in [5.41, 5.74) is 0.990. The van der Waals surface area contributed by atoms with Gasteiger partial charge in [0.1, 0.15) is 0 Å². The van der Waals surface area contributed by atoms with Gasteiger partial charge in [-0.15, -0.1) is 0 Å². The van der Waals surface area contributed by atoms with E-state index in [0.29, 0.717) is 6.54 Å². The second kappa shape index (κ2) is 7.85. The Morgan fingerprint density at radius 3 is 2.53 bits per heavy atom. The van der Waals surface area contributed by atoms with Crippen LogP contribution >= 0.6 is 0 Å². The fourth-order valence-electron chi connectivity index (χ4n) is 1.65. The Bertz CT molecular complexity index is 324. The number of anilines is 1. The molecule has 1 N–H and O–H groups in total. The zero-order chi connectivity index (χ0) is 12.5. The Labute approximate surface area is 104 Å². The molecule has 0 aliphatic rings. The van der Waals surface area contributed by atoms with Crippen molar-refractivity contribution in [1.82, 2.24) is 5.32 Å². The number of likely N-dealkylation sites (N-methyl/N-ethyl adjacent to an activating group) is 1. The SMILES string of the molecule is CCCCN(C(=O)CNCC)c1ccccc1. The van der Waals surface area contributed by atoms with Crippen molar-refractivity contribution in [1.29, 1.82) is 0 Å². The number of nitrogens with zero attached hydrogens (tertiary/aromatic N) is 1. The largest absolute Gasteiger partial charge is 0.311 e. The van der Waals surface area contributed by atoms with Gasteiger partial charge in [-0.25, -0.2) is 0 Å². The van der Waals surface area contributed by atoms with E-state index >= 15 is 0 Å². The van der Waals surface area contributed by atoms with Crippen LogP contribution in [0.3, 0.4) is 0 Å². The Balaban J connectivity index is 2.69. The predicted octanol–water partition coefficient (Wildman–Crippen LogP) is 2.43. The molecule has 3 heteroatoms. The number of carbonyl (C=O) groups excluding carboxylic acids is 1. The molecule has 0 heterocycles. The van der Waals surface area contributed by atoms with E-state index in [1.54, 1.807) is 0 Å². The molecule has 0 fully saturated rings. The highest BCUT2D eigenvalue weighted by atomic mass is 16.2. The van der Waals surface area contributed by atoms with Gasteiger partial charge in [-0.3, -0.25) is 4.79 Å². The van der Waals surface area contributed by atoms with E-state index in [9.17, 15) is 4.79 Å². The minimum Gasteiger partial charge on any atom is -0.311 e. The fourth-order valence-corrected chi connectivity index (χ4v) is 1.65. The van der Waals surface area contributed by atoms with Crippen molar-refractivity contribution in [3.05, 3.63) is 30.3 Å². The van der Waals surface area contributed by atoms with Gasteiger partial charge < -0.3 is 10.2 Å². The highest BCUT2D eigenvalue weighted by Crippen LogP contribution is 2.14. The number of carbonyl (C=O) groups is 1. The highest BCUT2D eigenvalue weighted by Gasteiger charge is 2.13. The standard InChI is InChI=1S/C14H22N2O/c1-3-5-11-16(14(17)12-15-4-2)13-9-7-6-8-10-13/h6-10,15H,3-5,11-12H2,1-2H3. The highest BCUT2D eigenvalue weighted by molar-refractivity contribution is 5.94. The Kier molecular flexibility index (Phi) is 6.33. The number of unbranched alkanes of at least 4 members (excludes halogenated alkanes) is 1. The number of hydrogen-bond acceptors (Lipinski definition) is 2. The van der Waals surface area contributed by atoms with E-state index < -0.39 is 0 Å². The van der Waals surface area contributed by atoms with Crippen LogP contribution < -0.4 is 10.2 Å². The van der Waals surface area contributed by atoms with Crippen LogP contribution in [-0.2, 0) is 4.79 Å². The van der Waals surface area contributed by atoms with Crippen molar-refractivity contribution >= 4 is 11.6 Å². The van der Waals surface area contributed by atoms with Crippen LogP contribution in [0.4, 0.5) is 5.69 Å². The van der Waals surface area contributed by atoms with Crippen LogP contribution in [0.2, 0.25) is 0 Å². The molecule has 1 amide bonds. The summed E-state index contributed by atoms with van der Waals surface area (Å²) < 4.78 is 0. The molecule has 1 aromatic rings. The lowest BCUT2D eigenvalue weighted by molar-refractivity contribution is -0.117. The first-order valence-corrected chi connectivity index (χ1v) is 6.35. The Morgan fingerprint density at radius 1 is 1.24 bits per heavy atom. The lowest BCUT2D eigenvalue weighted by Gasteiger charge is -2.22. The van der Waals surface area contributed by atoms with Gasteiger partial charge in [-0.1, -0.05) is 38.5 Å². The van der Waals surface area contributed by atoms with E-state index in [4.69, 9.17) is 0 Å². The summed E-state index contributed by atoms with van der Waals surface area (Å²) in [6, 6.07) is 9.87. The average molecular weight is 234 g/mol. The maximum atomic E-state index is 12.1. The van der Waals surface area contributed by atoms with Crippen molar-refractivity contribution in [3.63, 3.8) is 0 Å². The molecule has 0 unspecified atom stereocenters. The lowest BCUT2D eigenvalue weighted by Crippen LogP contribution is -2.38. The van der Waals surface area contributed by atoms with E-state index in [1.807, 2.05) is 42.2 Å². The molecule has 0 aliphatic carbocycles. The van der Waals surface area contributed by atoms with Crippen LogP contribution in [0.25, 0.3) is 0 Å². The zero-order valence-electron chi connectivity index (χ0n) is 10.8. The minimum absolute atomic E-state index is 0.145. The van der Waals surface area contributed by atoms with Gasteiger partial charge in [-0.2, -0.15) is 0 Å². The van der Waals surface area contributed by atoms with Crippen LogP contribution in [-0.4, -0.2) is 25.5 Å². The third-order valence-electron chi connectivity index (χ3n) is 2.63. The maximum absolute atomic E-state index is 12.1. The summed E-state index contributed by atoms with van der Waals surface area (Å²) in [6.07, 6.45) is 2.13. The number of para-hydroxylation sites is 1. The molecule has 0 aromatic heterocycles. The van der Waals surface area contributed by atoms with Gasteiger partial charge in [0.05, 0.1) is 6.54 Å². The van der Waals surface area contributed by atoms with Gasteiger partial charge in [0.25, 0.3) is 0 Å². The summed E-state index contributed by atoms with van der Waals surface area (Å²) in [6.45, 7) is 6.17. The Morgan fingerprint density at radius 2 is 1.94 bits per heavy atom. The molecule has 0 radical (unpaired) electrons. The first-order chi connectivity index (χ1) is 8.29. The third-order valence-corrected chi connectivity index (χ3v) is 2.63. The molecule has 0 aliphatic heterocycles. The van der Waals surface area contributed by atoms with E-state index in [2.05, 4.69) is 12.2 Å². The molecule has 1 aromatic carbocycles. The number of rotatable bonds is 7. The molecule has 0 saturated heterocycles. The molecule has 0 atom stereocenters. The number of benzene rings is 1. The first kappa shape index (κ1) is 13.7. The molecule has 0 bridgehead atoms. The molecule has 1 rings (SSSR count). The van der Waals surface area contributed by atoms with Crippen LogP contribution in [0, 0.1) is 0 Å². The molecule has 3 nitrogen and oxygen atoms in total. The second-order valence-electron chi connectivity index (χ2n) is 4.01. The van der Waals surface area contributed by atoms with Crippen LogP contribution in [0.15, 0.2) is 30.3 Å². The van der Waals surface area contributed by atoms with Gasteiger partial charge in [0.15, 0.2) is 0 Å². The fraction of sp³-hybridized carbons (Fsp3) is 0.500. The molecule has 0 spiro atoms. The monoisotopic (exact) mass is 234 g/mol. The molecular weight excluding hydrogens is 212 g/mol. The molecule has 0 saturated carbocycles. The minimum atomic E-state index is 0.145. The van der Waals surface area contributed by atoms with Crippen LogP contribution in [0.1, 0.15) is 26.7 Å². The van der Waals surface area contributed by atoms with Crippen molar-refractivity contribution < 1.29 is 4.79 Å². The van der Waals surface area contributed by atoms with Crippen molar-refractivity contribution in [2.24, 2.45) is 0 Å². The number of hydrogen-bond donors (Lipinski definition) is 1. The average Bonchev–Trinajstić information content (AvgIpc) is 2.38. The third kappa shape index (κ3) is 4.57. The molecule has 17 heavy (non-hydrogen) atoms. The van der Waals surface area contributed by atoms with Crippen molar-refractivity contribution in [2.45, 2.75) is 26.7 Å².